The molecule has 0 radical (unpaired) electrons. The molecular weight excluding hydrogens is 368 g/mol. The number of halogens is 2. The molecule has 0 fully saturated rings. The molecule has 1 amide bonds. The van der Waals surface area contributed by atoms with E-state index in [2.05, 4.69) is 20.4 Å². The van der Waals surface area contributed by atoms with E-state index in [0.717, 1.165) is 12.1 Å². The second kappa shape index (κ2) is 8.49. The van der Waals surface area contributed by atoms with Gasteiger partial charge in [-0.1, -0.05) is 12.1 Å². The van der Waals surface area contributed by atoms with Gasteiger partial charge in [0.05, 0.1) is 18.8 Å². The zero-order chi connectivity index (χ0) is 20.0. The van der Waals surface area contributed by atoms with E-state index in [1.54, 1.807) is 24.4 Å². The Hall–Kier alpha value is -3.46. The second-order valence-electron chi connectivity index (χ2n) is 6.05. The highest BCUT2D eigenvalue weighted by Crippen LogP contribution is 2.26. The number of rotatable bonds is 7. The van der Waals surface area contributed by atoms with E-state index in [4.69, 9.17) is 0 Å². The van der Waals surface area contributed by atoms with Crippen LogP contribution in [0.1, 0.15) is 11.3 Å². The molecule has 2 N–H and O–H groups in total. The molecule has 0 aliphatic heterocycles. The van der Waals surface area contributed by atoms with Crippen molar-refractivity contribution in [2.75, 3.05) is 6.54 Å². The highest BCUT2D eigenvalue weighted by Gasteiger charge is 2.33. The van der Waals surface area contributed by atoms with Crippen LogP contribution < -0.4 is 5.32 Å². The minimum absolute atomic E-state index is 0.168. The highest BCUT2D eigenvalue weighted by atomic mass is 19.1. The molecule has 1 aromatic carbocycles. The average Bonchev–Trinajstić information content (AvgIpc) is 3.18. The van der Waals surface area contributed by atoms with Crippen LogP contribution in [0.4, 0.5) is 8.78 Å². The van der Waals surface area contributed by atoms with Gasteiger partial charge in [0.15, 0.2) is 0 Å². The van der Waals surface area contributed by atoms with Crippen molar-refractivity contribution in [1.29, 1.82) is 0 Å². The summed E-state index contributed by atoms with van der Waals surface area (Å²) in [6.07, 6.45) is 6.94. The maximum atomic E-state index is 14.3. The third-order valence-corrected chi connectivity index (χ3v) is 3.97. The van der Waals surface area contributed by atoms with E-state index in [9.17, 15) is 18.7 Å². The summed E-state index contributed by atoms with van der Waals surface area (Å²) in [5.74, 6) is -2.21. The number of aromatic nitrogens is 4. The van der Waals surface area contributed by atoms with Gasteiger partial charge in [0.1, 0.15) is 29.9 Å². The molecule has 28 heavy (non-hydrogen) atoms. The number of carbonyl (C=O) groups excluding carboxylic acids is 1. The quantitative estimate of drug-likeness (QED) is 0.604. The first-order valence-corrected chi connectivity index (χ1v) is 8.33. The molecule has 7 nitrogen and oxygen atoms in total. The van der Waals surface area contributed by atoms with E-state index < -0.39 is 23.1 Å². The molecule has 1 atom stereocenters. The molecule has 0 spiro atoms. The lowest BCUT2D eigenvalue weighted by Crippen LogP contribution is -2.44. The van der Waals surface area contributed by atoms with Crippen molar-refractivity contribution in [2.24, 2.45) is 0 Å². The zero-order valence-electron chi connectivity index (χ0n) is 14.7. The molecule has 0 saturated heterocycles. The van der Waals surface area contributed by atoms with Crippen molar-refractivity contribution in [3.8, 4) is 0 Å². The van der Waals surface area contributed by atoms with E-state index in [1.165, 1.54) is 29.5 Å². The highest BCUT2D eigenvalue weighted by molar-refractivity contribution is 5.91. The summed E-state index contributed by atoms with van der Waals surface area (Å²) in [7, 11) is 0. The van der Waals surface area contributed by atoms with Crippen molar-refractivity contribution in [2.45, 2.75) is 12.1 Å². The Morgan fingerprint density at radius 3 is 2.82 bits per heavy atom. The number of hydrogen-bond acceptors (Lipinski definition) is 5. The molecule has 1 unspecified atom stereocenters. The second-order valence-corrected chi connectivity index (χ2v) is 6.05. The SMILES string of the molecule is O=C(/C=C/c1ccccn1)NCC(O)(Cn1cncn1)c1ccc(F)cc1F. The van der Waals surface area contributed by atoms with Gasteiger partial charge in [-0.25, -0.2) is 18.4 Å². The number of pyridine rings is 1. The van der Waals surface area contributed by atoms with Crippen LogP contribution in [0.5, 0.6) is 0 Å². The first-order chi connectivity index (χ1) is 13.5. The van der Waals surface area contributed by atoms with Gasteiger partial charge >= 0.3 is 0 Å². The minimum Gasteiger partial charge on any atom is -0.381 e. The molecular formula is C19H17F2N5O2. The Bertz CT molecular complexity index is 964. The molecule has 0 aliphatic rings. The van der Waals surface area contributed by atoms with Crippen LogP contribution in [0.25, 0.3) is 6.08 Å². The standard InChI is InChI=1S/C19H17F2N5O2/c20-14-4-6-16(17(21)9-14)19(28,11-26-13-22-12-25-26)10-24-18(27)7-5-15-3-1-2-8-23-15/h1-9,12-13,28H,10-11H2,(H,24,27)/b7-5+. The predicted molar refractivity (Wildman–Crippen MR) is 96.6 cm³/mol. The lowest BCUT2D eigenvalue weighted by atomic mass is 9.92. The Labute approximate surface area is 159 Å². The van der Waals surface area contributed by atoms with Crippen LogP contribution in [-0.4, -0.2) is 37.3 Å². The lowest BCUT2D eigenvalue weighted by Gasteiger charge is -2.29. The molecule has 2 aromatic heterocycles. The lowest BCUT2D eigenvalue weighted by molar-refractivity contribution is -0.118. The summed E-state index contributed by atoms with van der Waals surface area (Å²) in [5.41, 5.74) is -1.46. The first-order valence-electron chi connectivity index (χ1n) is 8.33. The van der Waals surface area contributed by atoms with Crippen molar-refractivity contribution in [1.82, 2.24) is 25.1 Å². The average molecular weight is 385 g/mol. The van der Waals surface area contributed by atoms with Crippen molar-refractivity contribution >= 4 is 12.0 Å². The van der Waals surface area contributed by atoms with E-state index in [1.807, 2.05) is 0 Å². The van der Waals surface area contributed by atoms with Crippen LogP contribution in [0.3, 0.4) is 0 Å². The Morgan fingerprint density at radius 1 is 1.29 bits per heavy atom. The third-order valence-electron chi connectivity index (χ3n) is 3.97. The molecule has 2 heterocycles. The van der Waals surface area contributed by atoms with Crippen LogP contribution in [0.15, 0.2) is 61.3 Å². The largest absolute Gasteiger partial charge is 0.381 e. The fraction of sp³-hybridized carbons (Fsp3) is 0.158. The van der Waals surface area contributed by atoms with Crippen LogP contribution in [-0.2, 0) is 16.9 Å². The molecule has 3 aromatic rings. The summed E-state index contributed by atoms with van der Waals surface area (Å²) >= 11 is 0. The number of aliphatic hydroxyl groups is 1. The number of benzene rings is 1. The maximum absolute atomic E-state index is 14.3. The molecule has 3 rings (SSSR count). The van der Waals surface area contributed by atoms with Gasteiger partial charge in [0.2, 0.25) is 5.91 Å². The number of amides is 1. The van der Waals surface area contributed by atoms with Gasteiger partial charge in [-0.15, -0.1) is 0 Å². The van der Waals surface area contributed by atoms with Gasteiger partial charge < -0.3 is 10.4 Å². The van der Waals surface area contributed by atoms with Gasteiger partial charge in [0.25, 0.3) is 0 Å². The van der Waals surface area contributed by atoms with Crippen LogP contribution >= 0.6 is 0 Å². The number of hydrogen-bond donors (Lipinski definition) is 2. The van der Waals surface area contributed by atoms with E-state index in [-0.39, 0.29) is 18.7 Å². The Morgan fingerprint density at radius 2 is 2.14 bits per heavy atom. The predicted octanol–water partition coefficient (Wildman–Crippen LogP) is 1.67. The monoisotopic (exact) mass is 385 g/mol. The fourth-order valence-corrected chi connectivity index (χ4v) is 2.61. The van der Waals surface area contributed by atoms with Crippen LogP contribution in [0, 0.1) is 11.6 Å². The fourth-order valence-electron chi connectivity index (χ4n) is 2.61. The molecule has 0 bridgehead atoms. The van der Waals surface area contributed by atoms with E-state index in [0.29, 0.717) is 11.8 Å². The molecule has 9 heteroatoms. The molecule has 144 valence electrons. The topological polar surface area (TPSA) is 92.9 Å². The van der Waals surface area contributed by atoms with Crippen molar-refractivity contribution < 1.29 is 18.7 Å². The zero-order valence-corrected chi connectivity index (χ0v) is 14.7. The first kappa shape index (κ1) is 19.3. The molecule has 0 aliphatic carbocycles. The molecule has 0 saturated carbocycles. The normalized spacial score (nSPS) is 13.4. The van der Waals surface area contributed by atoms with E-state index >= 15 is 0 Å². The summed E-state index contributed by atoms with van der Waals surface area (Å²) < 4.78 is 28.8. The summed E-state index contributed by atoms with van der Waals surface area (Å²) in [6, 6.07) is 8.09. The van der Waals surface area contributed by atoms with Crippen LogP contribution in [0.2, 0.25) is 0 Å². The van der Waals surface area contributed by atoms with Gasteiger partial charge in [-0.05, 0) is 24.3 Å². The third kappa shape index (κ3) is 4.83. The van der Waals surface area contributed by atoms with Gasteiger partial charge in [0, 0.05) is 23.9 Å². The maximum Gasteiger partial charge on any atom is 0.244 e. The number of nitrogens with zero attached hydrogens (tertiary/aromatic N) is 4. The van der Waals surface area contributed by atoms with Gasteiger partial charge in [-0.3, -0.25) is 9.78 Å². The summed E-state index contributed by atoms with van der Waals surface area (Å²) in [6.45, 7) is -0.527. The summed E-state index contributed by atoms with van der Waals surface area (Å²) in [4.78, 5) is 19.9. The number of carbonyl (C=O) groups is 1. The number of nitrogens with one attached hydrogen (secondary N) is 1. The van der Waals surface area contributed by atoms with Gasteiger partial charge in [-0.2, -0.15) is 5.10 Å². The Kier molecular flexibility index (Phi) is 5.85. The Balaban J connectivity index is 1.77. The van der Waals surface area contributed by atoms with Crippen molar-refractivity contribution in [3.05, 3.63) is 84.2 Å². The smallest absolute Gasteiger partial charge is 0.244 e. The minimum atomic E-state index is -1.88. The van der Waals surface area contributed by atoms with Crippen molar-refractivity contribution in [3.63, 3.8) is 0 Å². The summed E-state index contributed by atoms with van der Waals surface area (Å²) in [5, 5.41) is 17.5.